The van der Waals surface area contributed by atoms with E-state index in [1.165, 1.54) is 31.3 Å². The van der Waals surface area contributed by atoms with Crippen molar-refractivity contribution in [2.75, 3.05) is 21.3 Å². The standard InChI is InChI=1S/C23H23F3N6O3/c1-13-15(12-31(3)28-13)11-30(2)22(33)17-10-21-27-16(9-20(23(24,25)26)32(21)29-17)14-6-7-18(34-4)19(8-14)35-5/h6-10,12H,11H2,1-5H3. The molecule has 0 unspecified atom stereocenters. The summed E-state index contributed by atoms with van der Waals surface area (Å²) in [5.74, 6) is 0.231. The van der Waals surface area contributed by atoms with Gasteiger partial charge in [0.15, 0.2) is 28.5 Å². The van der Waals surface area contributed by atoms with E-state index < -0.39 is 17.8 Å². The van der Waals surface area contributed by atoms with Crippen LogP contribution in [0, 0.1) is 6.92 Å². The fourth-order valence-corrected chi connectivity index (χ4v) is 3.75. The summed E-state index contributed by atoms with van der Waals surface area (Å²) >= 11 is 0. The summed E-state index contributed by atoms with van der Waals surface area (Å²) in [6, 6.07) is 6.82. The molecule has 9 nitrogen and oxygen atoms in total. The number of aryl methyl sites for hydroxylation is 2. The number of halogens is 3. The molecule has 1 amide bonds. The van der Waals surface area contributed by atoms with Crippen molar-refractivity contribution < 1.29 is 27.4 Å². The molecule has 4 rings (SSSR count). The van der Waals surface area contributed by atoms with Crippen LogP contribution in [-0.4, -0.2) is 56.5 Å². The van der Waals surface area contributed by atoms with Gasteiger partial charge in [-0.2, -0.15) is 23.4 Å². The topological polar surface area (TPSA) is 86.8 Å². The molecule has 0 saturated carbocycles. The molecule has 0 aliphatic carbocycles. The maximum absolute atomic E-state index is 13.9. The number of amides is 1. The average molecular weight is 488 g/mol. The van der Waals surface area contributed by atoms with E-state index >= 15 is 0 Å². The number of aromatic nitrogens is 5. The van der Waals surface area contributed by atoms with E-state index in [-0.39, 0.29) is 23.6 Å². The zero-order chi connectivity index (χ0) is 25.5. The second kappa shape index (κ2) is 8.93. The number of hydrogen-bond donors (Lipinski definition) is 0. The van der Waals surface area contributed by atoms with Crippen LogP contribution >= 0.6 is 0 Å². The molecule has 4 aromatic rings. The highest BCUT2D eigenvalue weighted by Crippen LogP contribution is 2.35. The first-order chi connectivity index (χ1) is 16.5. The van der Waals surface area contributed by atoms with Crippen molar-refractivity contribution in [2.24, 2.45) is 7.05 Å². The second-order valence-electron chi connectivity index (χ2n) is 7.97. The van der Waals surface area contributed by atoms with E-state index in [2.05, 4.69) is 15.2 Å². The van der Waals surface area contributed by atoms with Crippen LogP contribution in [0.5, 0.6) is 11.5 Å². The van der Waals surface area contributed by atoms with E-state index in [0.717, 1.165) is 17.3 Å². The summed E-state index contributed by atoms with van der Waals surface area (Å²) in [6.07, 6.45) is -2.96. The summed E-state index contributed by atoms with van der Waals surface area (Å²) in [5, 5.41) is 8.18. The fourth-order valence-electron chi connectivity index (χ4n) is 3.75. The SMILES string of the molecule is COc1ccc(-c2cc(C(F)(F)F)n3nc(C(=O)N(C)Cc4cn(C)nc4C)cc3n2)cc1OC. The molecular formula is C23H23F3N6O3. The molecule has 0 radical (unpaired) electrons. The van der Waals surface area contributed by atoms with Crippen molar-refractivity contribution in [2.45, 2.75) is 19.6 Å². The summed E-state index contributed by atoms with van der Waals surface area (Å²) in [7, 11) is 6.20. The zero-order valence-corrected chi connectivity index (χ0v) is 19.7. The molecule has 0 atom stereocenters. The number of carbonyl (C=O) groups excluding carboxylic acids is 1. The molecule has 0 N–H and O–H groups in total. The first kappa shape index (κ1) is 24.0. The number of nitrogens with zero attached hydrogens (tertiary/aromatic N) is 6. The van der Waals surface area contributed by atoms with Gasteiger partial charge in [-0.25, -0.2) is 9.50 Å². The average Bonchev–Trinajstić information content (AvgIpc) is 3.38. The molecule has 184 valence electrons. The molecule has 0 aliphatic heterocycles. The first-order valence-electron chi connectivity index (χ1n) is 10.5. The Morgan fingerprint density at radius 2 is 1.80 bits per heavy atom. The van der Waals surface area contributed by atoms with Gasteiger partial charge in [-0.15, -0.1) is 0 Å². The number of benzene rings is 1. The lowest BCUT2D eigenvalue weighted by Gasteiger charge is -2.15. The van der Waals surface area contributed by atoms with E-state index in [0.29, 0.717) is 21.6 Å². The molecule has 0 spiro atoms. The maximum Gasteiger partial charge on any atom is 0.433 e. The minimum atomic E-state index is -4.74. The molecule has 12 heteroatoms. The van der Waals surface area contributed by atoms with Gasteiger partial charge in [-0.1, -0.05) is 0 Å². The van der Waals surface area contributed by atoms with Crippen LogP contribution in [-0.2, 0) is 19.8 Å². The number of ether oxygens (including phenoxy) is 2. The highest BCUT2D eigenvalue weighted by molar-refractivity contribution is 5.93. The minimum Gasteiger partial charge on any atom is -0.493 e. The third kappa shape index (κ3) is 4.63. The largest absolute Gasteiger partial charge is 0.493 e. The molecule has 0 bridgehead atoms. The Balaban J connectivity index is 1.76. The van der Waals surface area contributed by atoms with Gasteiger partial charge in [0.1, 0.15) is 0 Å². The molecule has 35 heavy (non-hydrogen) atoms. The third-order valence-corrected chi connectivity index (χ3v) is 5.49. The second-order valence-corrected chi connectivity index (χ2v) is 7.97. The molecule has 0 fully saturated rings. The van der Waals surface area contributed by atoms with Gasteiger partial charge in [0.25, 0.3) is 5.91 Å². The van der Waals surface area contributed by atoms with E-state index in [1.54, 1.807) is 37.1 Å². The summed E-state index contributed by atoms with van der Waals surface area (Å²) in [4.78, 5) is 18.7. The molecule has 3 heterocycles. The smallest absolute Gasteiger partial charge is 0.433 e. The van der Waals surface area contributed by atoms with Crippen LogP contribution in [0.15, 0.2) is 36.5 Å². The number of fused-ring (bicyclic) bond motifs is 1. The van der Waals surface area contributed by atoms with Gasteiger partial charge in [0.05, 0.1) is 25.6 Å². The third-order valence-electron chi connectivity index (χ3n) is 5.49. The van der Waals surface area contributed by atoms with Crippen molar-refractivity contribution >= 4 is 11.6 Å². The number of carbonyl (C=O) groups is 1. The van der Waals surface area contributed by atoms with Crippen LogP contribution in [0.25, 0.3) is 16.9 Å². The van der Waals surface area contributed by atoms with Crippen molar-refractivity contribution in [3.63, 3.8) is 0 Å². The molecule has 3 aromatic heterocycles. The number of rotatable bonds is 6. The van der Waals surface area contributed by atoms with E-state index in [1.807, 2.05) is 6.92 Å². The lowest BCUT2D eigenvalue weighted by Crippen LogP contribution is -2.27. The van der Waals surface area contributed by atoms with Gasteiger partial charge >= 0.3 is 6.18 Å². The summed E-state index contributed by atoms with van der Waals surface area (Å²) in [5.41, 5.74) is 0.671. The monoisotopic (exact) mass is 488 g/mol. The lowest BCUT2D eigenvalue weighted by atomic mass is 10.1. The van der Waals surface area contributed by atoms with Crippen LogP contribution in [0.1, 0.15) is 27.4 Å². The Morgan fingerprint density at radius 1 is 1.09 bits per heavy atom. The summed E-state index contributed by atoms with van der Waals surface area (Å²) in [6.45, 7) is 2.04. The predicted octanol–water partition coefficient (Wildman–Crippen LogP) is 3.75. The van der Waals surface area contributed by atoms with Gasteiger partial charge in [0.2, 0.25) is 0 Å². The maximum atomic E-state index is 13.9. The number of hydrogen-bond acceptors (Lipinski definition) is 6. The van der Waals surface area contributed by atoms with Gasteiger partial charge in [0, 0.05) is 44.0 Å². The van der Waals surface area contributed by atoms with Crippen LogP contribution in [0.2, 0.25) is 0 Å². The number of alkyl halides is 3. The Labute approximate surface area is 198 Å². The van der Waals surface area contributed by atoms with Gasteiger partial charge in [-0.05, 0) is 31.2 Å². The quantitative estimate of drug-likeness (QED) is 0.411. The van der Waals surface area contributed by atoms with Crippen LogP contribution in [0.3, 0.4) is 0 Å². The van der Waals surface area contributed by atoms with Crippen molar-refractivity contribution in [3.05, 3.63) is 59.2 Å². The normalized spacial score (nSPS) is 11.7. The van der Waals surface area contributed by atoms with Crippen molar-refractivity contribution in [3.8, 4) is 22.8 Å². The molecule has 0 aliphatic rings. The molecular weight excluding hydrogens is 465 g/mol. The fraction of sp³-hybridized carbons (Fsp3) is 0.304. The Bertz CT molecular complexity index is 1410. The summed E-state index contributed by atoms with van der Waals surface area (Å²) < 4.78 is 54.5. The zero-order valence-electron chi connectivity index (χ0n) is 19.7. The van der Waals surface area contributed by atoms with Crippen LogP contribution < -0.4 is 9.47 Å². The van der Waals surface area contributed by atoms with Crippen molar-refractivity contribution in [1.82, 2.24) is 29.3 Å². The molecule has 0 saturated heterocycles. The Morgan fingerprint density at radius 3 is 2.40 bits per heavy atom. The van der Waals surface area contributed by atoms with Gasteiger partial charge in [-0.3, -0.25) is 9.48 Å². The first-order valence-corrected chi connectivity index (χ1v) is 10.5. The highest BCUT2D eigenvalue weighted by atomic mass is 19.4. The Kier molecular flexibility index (Phi) is 6.14. The van der Waals surface area contributed by atoms with E-state index in [4.69, 9.17) is 9.47 Å². The predicted molar refractivity (Wildman–Crippen MR) is 120 cm³/mol. The number of methoxy groups -OCH3 is 2. The van der Waals surface area contributed by atoms with Crippen molar-refractivity contribution in [1.29, 1.82) is 0 Å². The highest BCUT2D eigenvalue weighted by Gasteiger charge is 2.36. The molecule has 1 aromatic carbocycles. The van der Waals surface area contributed by atoms with E-state index in [9.17, 15) is 18.0 Å². The minimum absolute atomic E-state index is 0.0454. The van der Waals surface area contributed by atoms with Gasteiger partial charge < -0.3 is 14.4 Å². The Hall–Kier alpha value is -4.09. The lowest BCUT2D eigenvalue weighted by molar-refractivity contribution is -0.142. The van der Waals surface area contributed by atoms with Crippen LogP contribution in [0.4, 0.5) is 13.2 Å².